The average molecular weight is 413 g/mol. The Morgan fingerprint density at radius 1 is 1.16 bits per heavy atom. The fraction of sp³-hybridized carbons (Fsp3) is 0.174. The van der Waals surface area contributed by atoms with Crippen molar-refractivity contribution < 1.29 is 14.2 Å². The molecule has 2 N–H and O–H groups in total. The smallest absolute Gasteiger partial charge is 0.229 e. The minimum atomic E-state index is -0.495. The number of aromatic nitrogens is 2. The average Bonchev–Trinajstić information content (AvgIpc) is 3.13. The first-order valence-corrected chi connectivity index (χ1v) is 9.49. The van der Waals surface area contributed by atoms with Crippen molar-refractivity contribution in [2.75, 3.05) is 13.7 Å². The molecule has 0 amide bonds. The van der Waals surface area contributed by atoms with Crippen LogP contribution < -0.4 is 19.9 Å². The summed E-state index contributed by atoms with van der Waals surface area (Å²) < 4.78 is 18.4. The number of para-hydroxylation sites is 1. The first-order chi connectivity index (χ1) is 15.1. The van der Waals surface area contributed by atoms with Crippen LogP contribution in [0.3, 0.4) is 0 Å². The summed E-state index contributed by atoms with van der Waals surface area (Å²) in [4.78, 5) is 0. The summed E-state index contributed by atoms with van der Waals surface area (Å²) in [5, 5.41) is 23.3. The molecule has 154 valence electrons. The molecule has 4 rings (SSSR count). The Balaban J connectivity index is 1.89. The molecule has 0 saturated carbocycles. The number of nitrogens with two attached hydrogens (primary N) is 1. The number of benzene rings is 2. The number of hydrogen-bond donors (Lipinski definition) is 1. The van der Waals surface area contributed by atoms with Gasteiger partial charge in [0.05, 0.1) is 30.0 Å². The minimum absolute atomic E-state index is 0.0286. The highest BCUT2D eigenvalue weighted by atomic mass is 16.5. The third-order valence-corrected chi connectivity index (χ3v) is 5.05. The summed E-state index contributed by atoms with van der Waals surface area (Å²) in [5.41, 5.74) is 9.49. The zero-order chi connectivity index (χ0) is 22.0. The van der Waals surface area contributed by atoms with Gasteiger partial charge in [0.2, 0.25) is 11.8 Å². The normalized spacial score (nSPS) is 14.8. The Morgan fingerprint density at radius 3 is 2.61 bits per heavy atom. The molecule has 1 aliphatic rings. The largest absolute Gasteiger partial charge is 0.493 e. The quantitative estimate of drug-likeness (QED) is 0.681. The van der Waals surface area contributed by atoms with E-state index in [0.717, 1.165) is 16.8 Å². The van der Waals surface area contributed by atoms with Crippen LogP contribution in [-0.4, -0.2) is 23.5 Å². The highest BCUT2D eigenvalue weighted by Crippen LogP contribution is 2.46. The molecule has 2 aromatic carbocycles. The number of allylic oxidation sites excluding steroid dienone is 1. The van der Waals surface area contributed by atoms with Crippen molar-refractivity contribution in [2.45, 2.75) is 12.8 Å². The van der Waals surface area contributed by atoms with Crippen LogP contribution in [-0.2, 0) is 0 Å². The van der Waals surface area contributed by atoms with Gasteiger partial charge < -0.3 is 19.9 Å². The zero-order valence-corrected chi connectivity index (χ0v) is 17.0. The van der Waals surface area contributed by atoms with E-state index in [1.54, 1.807) is 16.8 Å². The lowest BCUT2D eigenvalue weighted by atomic mass is 9.84. The van der Waals surface area contributed by atoms with Gasteiger partial charge in [0.25, 0.3) is 0 Å². The molecule has 0 fully saturated rings. The van der Waals surface area contributed by atoms with E-state index in [9.17, 15) is 5.26 Å². The number of hydrogen-bond acceptors (Lipinski definition) is 7. The van der Waals surface area contributed by atoms with Gasteiger partial charge in [-0.2, -0.15) is 15.6 Å². The monoisotopic (exact) mass is 413 g/mol. The van der Waals surface area contributed by atoms with Crippen molar-refractivity contribution in [2.24, 2.45) is 5.73 Å². The van der Waals surface area contributed by atoms with Crippen molar-refractivity contribution in [3.05, 3.63) is 76.8 Å². The minimum Gasteiger partial charge on any atom is -0.493 e. The number of nitriles is 2. The number of aryl methyl sites for hydroxylation is 1. The van der Waals surface area contributed by atoms with Gasteiger partial charge in [0.15, 0.2) is 18.1 Å². The molecular weight excluding hydrogens is 394 g/mol. The Hall–Kier alpha value is -4.43. The zero-order valence-electron chi connectivity index (χ0n) is 17.0. The first kappa shape index (κ1) is 19.9. The number of fused-ring (bicyclic) bond motifs is 1. The molecule has 1 aromatic heterocycles. The Kier molecular flexibility index (Phi) is 5.21. The molecule has 1 aliphatic heterocycles. The second-order valence-electron chi connectivity index (χ2n) is 6.83. The lowest BCUT2D eigenvalue weighted by molar-refractivity contribution is 0.329. The molecule has 8 heteroatoms. The van der Waals surface area contributed by atoms with Gasteiger partial charge in [0, 0.05) is 0 Å². The number of ether oxygens (including phenoxy) is 3. The Bertz CT molecular complexity index is 1250. The van der Waals surface area contributed by atoms with Gasteiger partial charge in [-0.3, -0.25) is 0 Å². The fourth-order valence-electron chi connectivity index (χ4n) is 3.68. The Morgan fingerprint density at radius 2 is 1.94 bits per heavy atom. The first-order valence-electron chi connectivity index (χ1n) is 9.49. The molecule has 1 atom stereocenters. The predicted molar refractivity (Wildman–Crippen MR) is 112 cm³/mol. The molecule has 0 spiro atoms. The van der Waals surface area contributed by atoms with Crippen molar-refractivity contribution in [3.8, 4) is 35.2 Å². The van der Waals surface area contributed by atoms with E-state index in [2.05, 4.69) is 11.2 Å². The van der Waals surface area contributed by atoms with E-state index in [1.165, 1.54) is 7.11 Å². The summed E-state index contributed by atoms with van der Waals surface area (Å²) in [7, 11) is 1.52. The maximum Gasteiger partial charge on any atom is 0.229 e. The van der Waals surface area contributed by atoms with Crippen LogP contribution in [0.2, 0.25) is 0 Å². The predicted octanol–water partition coefficient (Wildman–Crippen LogP) is 3.31. The third kappa shape index (κ3) is 3.41. The van der Waals surface area contributed by atoms with Gasteiger partial charge >= 0.3 is 0 Å². The second kappa shape index (κ2) is 8.13. The van der Waals surface area contributed by atoms with Gasteiger partial charge in [-0.1, -0.05) is 24.3 Å². The molecule has 8 nitrogen and oxygen atoms in total. The topological polar surface area (TPSA) is 119 Å². The van der Waals surface area contributed by atoms with E-state index >= 15 is 0 Å². The second-order valence-corrected chi connectivity index (χ2v) is 6.83. The standard InChI is InChI=1S/C23H19N5O3/c1-14-20-21(15-8-9-18(30-11-10-24)19(12-15)29-2)17(13-25)22(26)31-23(20)28(27-14)16-6-4-3-5-7-16/h3-9,12,21H,11,26H2,1-2H3. The van der Waals surface area contributed by atoms with Crippen LogP contribution >= 0.6 is 0 Å². The van der Waals surface area contributed by atoms with E-state index in [1.807, 2.05) is 49.4 Å². The summed E-state index contributed by atoms with van der Waals surface area (Å²) in [6, 6.07) is 19.0. The van der Waals surface area contributed by atoms with Crippen LogP contribution in [0.1, 0.15) is 22.7 Å². The van der Waals surface area contributed by atoms with Crippen LogP contribution in [0.15, 0.2) is 60.0 Å². The molecule has 0 bridgehead atoms. The number of rotatable bonds is 5. The van der Waals surface area contributed by atoms with Gasteiger partial charge in [-0.05, 0) is 36.8 Å². The molecule has 3 aromatic rings. The molecular formula is C23H19N5O3. The summed E-state index contributed by atoms with van der Waals surface area (Å²) in [6.45, 7) is 1.77. The lowest BCUT2D eigenvalue weighted by Gasteiger charge is -2.25. The van der Waals surface area contributed by atoms with Crippen LogP contribution in [0, 0.1) is 29.6 Å². The molecule has 1 unspecified atom stereocenters. The summed E-state index contributed by atoms with van der Waals surface area (Å²) in [6.07, 6.45) is 0. The Labute approximate surface area is 179 Å². The van der Waals surface area contributed by atoms with Crippen LogP contribution in [0.5, 0.6) is 17.4 Å². The third-order valence-electron chi connectivity index (χ3n) is 5.05. The highest BCUT2D eigenvalue weighted by molar-refractivity contribution is 5.59. The number of methoxy groups -OCH3 is 1. The van der Waals surface area contributed by atoms with Gasteiger partial charge in [-0.15, -0.1) is 0 Å². The van der Waals surface area contributed by atoms with Crippen molar-refractivity contribution in [3.63, 3.8) is 0 Å². The van der Waals surface area contributed by atoms with E-state index < -0.39 is 5.92 Å². The SMILES string of the molecule is COc1cc(C2C(C#N)=C(N)Oc3c2c(C)nn3-c2ccccc2)ccc1OCC#N. The highest BCUT2D eigenvalue weighted by Gasteiger charge is 2.36. The summed E-state index contributed by atoms with van der Waals surface area (Å²) >= 11 is 0. The molecule has 0 radical (unpaired) electrons. The fourth-order valence-corrected chi connectivity index (χ4v) is 3.68. The van der Waals surface area contributed by atoms with E-state index in [4.69, 9.17) is 25.2 Å². The molecule has 31 heavy (non-hydrogen) atoms. The summed E-state index contributed by atoms with van der Waals surface area (Å²) in [5.74, 6) is 0.886. The van der Waals surface area contributed by atoms with Gasteiger partial charge in [-0.25, -0.2) is 4.68 Å². The van der Waals surface area contributed by atoms with E-state index in [-0.39, 0.29) is 18.1 Å². The van der Waals surface area contributed by atoms with Crippen LogP contribution in [0.25, 0.3) is 5.69 Å². The van der Waals surface area contributed by atoms with Crippen molar-refractivity contribution >= 4 is 0 Å². The maximum atomic E-state index is 9.84. The number of nitrogens with zero attached hydrogens (tertiary/aromatic N) is 4. The molecule has 0 saturated heterocycles. The van der Waals surface area contributed by atoms with Crippen molar-refractivity contribution in [1.29, 1.82) is 10.5 Å². The molecule has 2 heterocycles. The lowest BCUT2D eigenvalue weighted by Crippen LogP contribution is -2.22. The van der Waals surface area contributed by atoms with Gasteiger partial charge in [0.1, 0.15) is 17.7 Å². The maximum absolute atomic E-state index is 9.84. The van der Waals surface area contributed by atoms with E-state index in [0.29, 0.717) is 23.1 Å². The van der Waals surface area contributed by atoms with Crippen molar-refractivity contribution in [1.82, 2.24) is 9.78 Å². The van der Waals surface area contributed by atoms with Crippen LogP contribution in [0.4, 0.5) is 0 Å². The molecule has 0 aliphatic carbocycles.